The molecule has 0 aromatic carbocycles. The Morgan fingerprint density at radius 2 is 1.67 bits per heavy atom. The summed E-state index contributed by atoms with van der Waals surface area (Å²) >= 11 is 0. The van der Waals surface area contributed by atoms with Gasteiger partial charge in [-0.3, -0.25) is 4.90 Å². The van der Waals surface area contributed by atoms with Crippen molar-refractivity contribution in [1.29, 1.82) is 0 Å². The first kappa shape index (κ1) is 14.3. The zero-order valence-corrected chi connectivity index (χ0v) is 12.7. The van der Waals surface area contributed by atoms with Crippen molar-refractivity contribution in [1.82, 2.24) is 15.1 Å². The van der Waals surface area contributed by atoms with Crippen molar-refractivity contribution in [3.8, 4) is 0 Å². The molecule has 0 radical (unpaired) electrons. The second-order valence-electron chi connectivity index (χ2n) is 6.68. The molecule has 2 atom stereocenters. The average Bonchev–Trinajstić information content (AvgIpc) is 3.15. The largest absolute Gasteiger partial charge is 0.312 e. The van der Waals surface area contributed by atoms with E-state index in [1.807, 2.05) is 0 Å². The fourth-order valence-corrected chi connectivity index (χ4v) is 3.01. The van der Waals surface area contributed by atoms with Gasteiger partial charge in [0.25, 0.3) is 0 Å². The molecule has 0 spiro atoms. The molecule has 3 nitrogen and oxygen atoms in total. The van der Waals surface area contributed by atoms with Crippen molar-refractivity contribution >= 4 is 0 Å². The van der Waals surface area contributed by atoms with Crippen molar-refractivity contribution in [2.24, 2.45) is 11.8 Å². The van der Waals surface area contributed by atoms with Gasteiger partial charge in [-0.25, -0.2) is 0 Å². The Balaban J connectivity index is 1.79. The number of hydrogen-bond donors (Lipinski definition) is 1. The first-order chi connectivity index (χ1) is 8.58. The van der Waals surface area contributed by atoms with Gasteiger partial charge in [0.15, 0.2) is 0 Å². The van der Waals surface area contributed by atoms with Crippen LogP contribution in [0.15, 0.2) is 0 Å². The molecule has 0 amide bonds. The van der Waals surface area contributed by atoms with Crippen LogP contribution >= 0.6 is 0 Å². The van der Waals surface area contributed by atoms with Crippen LogP contribution in [-0.2, 0) is 0 Å². The third-order valence-electron chi connectivity index (χ3n) is 4.75. The highest BCUT2D eigenvalue weighted by Crippen LogP contribution is 2.32. The Kier molecular flexibility index (Phi) is 5.05. The van der Waals surface area contributed by atoms with Crippen LogP contribution in [0.3, 0.4) is 0 Å². The summed E-state index contributed by atoms with van der Waals surface area (Å²) in [7, 11) is 2.23. The fourth-order valence-electron chi connectivity index (χ4n) is 3.01. The van der Waals surface area contributed by atoms with Crippen LogP contribution in [0, 0.1) is 11.8 Å². The molecule has 106 valence electrons. The van der Waals surface area contributed by atoms with E-state index in [2.05, 4.69) is 42.9 Å². The van der Waals surface area contributed by atoms with Crippen molar-refractivity contribution in [2.45, 2.75) is 45.7 Å². The monoisotopic (exact) mass is 253 g/mol. The predicted molar refractivity (Wildman–Crippen MR) is 77.9 cm³/mol. The van der Waals surface area contributed by atoms with Crippen molar-refractivity contribution in [3.05, 3.63) is 0 Å². The average molecular weight is 253 g/mol. The first-order valence-corrected chi connectivity index (χ1v) is 7.74. The lowest BCUT2D eigenvalue weighted by atomic mass is 10.0. The highest BCUT2D eigenvalue weighted by atomic mass is 15.3. The Hall–Kier alpha value is -0.120. The van der Waals surface area contributed by atoms with E-state index in [-0.39, 0.29) is 0 Å². The van der Waals surface area contributed by atoms with E-state index in [9.17, 15) is 0 Å². The third kappa shape index (κ3) is 3.94. The van der Waals surface area contributed by atoms with Gasteiger partial charge in [-0.2, -0.15) is 0 Å². The maximum atomic E-state index is 3.78. The van der Waals surface area contributed by atoms with Gasteiger partial charge in [0.05, 0.1) is 0 Å². The quantitative estimate of drug-likeness (QED) is 0.776. The topological polar surface area (TPSA) is 18.5 Å². The van der Waals surface area contributed by atoms with E-state index in [0.717, 1.165) is 17.9 Å². The van der Waals surface area contributed by atoms with E-state index in [0.29, 0.717) is 6.04 Å². The molecule has 2 rings (SSSR count). The smallest absolute Gasteiger partial charge is 0.0244 e. The minimum Gasteiger partial charge on any atom is -0.312 e. The summed E-state index contributed by atoms with van der Waals surface area (Å²) in [6, 6.07) is 1.43. The lowest BCUT2D eigenvalue weighted by molar-refractivity contribution is 0.0859. The molecule has 0 aromatic rings. The number of rotatable bonds is 6. The number of likely N-dealkylation sites (N-methyl/N-ethyl adjacent to an activating group) is 1. The van der Waals surface area contributed by atoms with Gasteiger partial charge >= 0.3 is 0 Å². The normalized spacial score (nSPS) is 26.5. The highest BCUT2D eigenvalue weighted by molar-refractivity contribution is 4.87. The van der Waals surface area contributed by atoms with Crippen molar-refractivity contribution in [3.63, 3.8) is 0 Å². The van der Waals surface area contributed by atoms with E-state index < -0.39 is 0 Å². The molecule has 1 aliphatic carbocycles. The molecule has 2 unspecified atom stereocenters. The lowest BCUT2D eigenvalue weighted by Gasteiger charge is -2.40. The van der Waals surface area contributed by atoms with Gasteiger partial charge in [0.2, 0.25) is 0 Å². The molecule has 1 heterocycles. The van der Waals surface area contributed by atoms with Crippen molar-refractivity contribution in [2.75, 3.05) is 39.8 Å². The Morgan fingerprint density at radius 1 is 1.06 bits per heavy atom. The minimum absolute atomic E-state index is 0.708. The molecule has 2 fully saturated rings. The maximum absolute atomic E-state index is 3.78. The molecule has 1 N–H and O–H groups in total. The second-order valence-corrected chi connectivity index (χ2v) is 6.68. The van der Waals surface area contributed by atoms with Crippen LogP contribution < -0.4 is 5.32 Å². The number of hydrogen-bond acceptors (Lipinski definition) is 3. The van der Waals surface area contributed by atoms with Crippen LogP contribution in [0.5, 0.6) is 0 Å². The molecule has 1 saturated heterocycles. The van der Waals surface area contributed by atoms with Crippen LogP contribution in [0.1, 0.15) is 33.6 Å². The van der Waals surface area contributed by atoms with Crippen LogP contribution in [0.25, 0.3) is 0 Å². The van der Waals surface area contributed by atoms with Crippen LogP contribution in [0.2, 0.25) is 0 Å². The molecule has 0 aromatic heterocycles. The van der Waals surface area contributed by atoms with Gasteiger partial charge in [-0.1, -0.05) is 13.8 Å². The van der Waals surface area contributed by atoms with Gasteiger partial charge in [-0.05, 0) is 38.6 Å². The molecule has 1 aliphatic heterocycles. The van der Waals surface area contributed by atoms with Gasteiger partial charge in [0.1, 0.15) is 0 Å². The molecular weight excluding hydrogens is 222 g/mol. The molecular formula is C15H31N3. The van der Waals surface area contributed by atoms with Gasteiger partial charge in [0, 0.05) is 44.8 Å². The zero-order valence-electron chi connectivity index (χ0n) is 12.7. The van der Waals surface area contributed by atoms with E-state index >= 15 is 0 Å². The van der Waals surface area contributed by atoms with E-state index in [4.69, 9.17) is 0 Å². The first-order valence-electron chi connectivity index (χ1n) is 7.74. The molecule has 18 heavy (non-hydrogen) atoms. The van der Waals surface area contributed by atoms with E-state index in [1.54, 1.807) is 0 Å². The maximum Gasteiger partial charge on any atom is 0.0244 e. The lowest BCUT2D eigenvalue weighted by Crippen LogP contribution is -2.54. The summed E-state index contributed by atoms with van der Waals surface area (Å²) in [5, 5.41) is 3.78. The summed E-state index contributed by atoms with van der Waals surface area (Å²) in [6.45, 7) is 13.2. The Bertz CT molecular complexity index is 242. The van der Waals surface area contributed by atoms with Gasteiger partial charge in [-0.15, -0.1) is 0 Å². The summed E-state index contributed by atoms with van der Waals surface area (Å²) in [4.78, 5) is 5.13. The minimum atomic E-state index is 0.708. The zero-order chi connectivity index (χ0) is 13.1. The molecule has 0 bridgehead atoms. The Labute approximate surface area is 113 Å². The standard InChI is InChI=1S/C15H31N3/c1-12(2)15(11-16-13(3)14-5-6-14)18-9-7-17(4)8-10-18/h12-16H,5-11H2,1-4H3. The fraction of sp³-hybridized carbons (Fsp3) is 1.00. The summed E-state index contributed by atoms with van der Waals surface area (Å²) in [5.41, 5.74) is 0. The summed E-state index contributed by atoms with van der Waals surface area (Å²) in [5.74, 6) is 1.71. The number of nitrogens with zero attached hydrogens (tertiary/aromatic N) is 2. The number of nitrogens with one attached hydrogen (secondary N) is 1. The molecule has 1 saturated carbocycles. The second kappa shape index (κ2) is 6.36. The van der Waals surface area contributed by atoms with Crippen LogP contribution in [0.4, 0.5) is 0 Å². The van der Waals surface area contributed by atoms with Crippen LogP contribution in [-0.4, -0.2) is 61.7 Å². The SMILES string of the molecule is CC(C)C(CNC(C)C1CC1)N1CCN(C)CC1. The van der Waals surface area contributed by atoms with Gasteiger partial charge < -0.3 is 10.2 Å². The van der Waals surface area contributed by atoms with Crippen molar-refractivity contribution < 1.29 is 0 Å². The number of piperazine rings is 1. The van der Waals surface area contributed by atoms with E-state index in [1.165, 1.54) is 45.6 Å². The Morgan fingerprint density at radius 3 is 2.17 bits per heavy atom. The third-order valence-corrected chi connectivity index (χ3v) is 4.75. The highest BCUT2D eigenvalue weighted by Gasteiger charge is 2.30. The molecule has 3 heteroatoms. The predicted octanol–water partition coefficient (Wildman–Crippen LogP) is 1.65. The summed E-state index contributed by atoms with van der Waals surface area (Å²) < 4.78 is 0. The molecule has 2 aliphatic rings. The summed E-state index contributed by atoms with van der Waals surface area (Å²) in [6.07, 6.45) is 2.88.